The van der Waals surface area contributed by atoms with Gasteiger partial charge in [-0.1, -0.05) is 67.9 Å². The standard InChI is InChI=1S/C31H31N3O3S/c1-20(2)31(36)34-16-15-22-11-14-25(17-26(22)29(34)23-7-5-4-6-8-23)37-18-28-33-27(19-38-28)30(35)32-24-12-9-21(3)10-13-24/h4-14,17,19-20,29H,15-16,18H2,1-3H3,(H,32,35). The highest BCUT2D eigenvalue weighted by Crippen LogP contribution is 2.38. The van der Waals surface area contributed by atoms with Crippen LogP contribution < -0.4 is 10.1 Å². The van der Waals surface area contributed by atoms with Crippen molar-refractivity contribution < 1.29 is 14.3 Å². The van der Waals surface area contributed by atoms with Gasteiger partial charge in [-0.2, -0.15) is 0 Å². The fourth-order valence-electron chi connectivity index (χ4n) is 4.71. The minimum absolute atomic E-state index is 0.0792. The van der Waals surface area contributed by atoms with Crippen LogP contribution in [0.15, 0.2) is 78.2 Å². The highest BCUT2D eigenvalue weighted by molar-refractivity contribution is 7.09. The van der Waals surface area contributed by atoms with Crippen LogP contribution in [0.4, 0.5) is 5.69 Å². The molecular formula is C31H31N3O3S. The largest absolute Gasteiger partial charge is 0.486 e. The number of nitrogens with zero attached hydrogens (tertiary/aromatic N) is 2. The molecule has 4 aromatic rings. The third-order valence-electron chi connectivity index (χ3n) is 6.69. The summed E-state index contributed by atoms with van der Waals surface area (Å²) in [5, 5.41) is 5.34. The molecule has 5 rings (SSSR count). The summed E-state index contributed by atoms with van der Waals surface area (Å²) in [5.74, 6) is 0.537. The maximum Gasteiger partial charge on any atom is 0.275 e. The molecule has 1 atom stereocenters. The van der Waals surface area contributed by atoms with Gasteiger partial charge in [-0.05, 0) is 54.3 Å². The van der Waals surface area contributed by atoms with Crippen LogP contribution in [0.2, 0.25) is 0 Å². The predicted molar refractivity (Wildman–Crippen MR) is 151 cm³/mol. The topological polar surface area (TPSA) is 71.5 Å². The van der Waals surface area contributed by atoms with Gasteiger partial charge in [-0.3, -0.25) is 9.59 Å². The molecule has 0 saturated carbocycles. The summed E-state index contributed by atoms with van der Waals surface area (Å²) in [5.41, 5.74) is 5.64. The Morgan fingerprint density at radius 1 is 1.08 bits per heavy atom. The quantitative estimate of drug-likeness (QED) is 0.303. The molecule has 0 bridgehead atoms. The normalized spacial score (nSPS) is 14.7. The van der Waals surface area contributed by atoms with Crippen LogP contribution in [-0.4, -0.2) is 28.2 Å². The van der Waals surface area contributed by atoms with Crippen LogP contribution in [-0.2, 0) is 17.8 Å². The van der Waals surface area contributed by atoms with Gasteiger partial charge in [0.05, 0.1) is 6.04 Å². The highest BCUT2D eigenvalue weighted by Gasteiger charge is 2.33. The van der Waals surface area contributed by atoms with Crippen molar-refractivity contribution in [3.63, 3.8) is 0 Å². The second kappa shape index (κ2) is 11.2. The first-order valence-corrected chi connectivity index (χ1v) is 13.7. The van der Waals surface area contributed by atoms with Crippen LogP contribution in [0.3, 0.4) is 0 Å². The number of hydrogen-bond donors (Lipinski definition) is 1. The Bertz CT molecular complexity index is 1430. The van der Waals surface area contributed by atoms with Crippen LogP contribution in [0, 0.1) is 12.8 Å². The third-order valence-corrected chi connectivity index (χ3v) is 7.52. The second-order valence-corrected chi connectivity index (χ2v) is 10.8. The van der Waals surface area contributed by atoms with E-state index >= 15 is 0 Å². The fraction of sp³-hybridized carbons (Fsp3) is 0.258. The van der Waals surface area contributed by atoms with Crippen molar-refractivity contribution in [2.75, 3.05) is 11.9 Å². The van der Waals surface area contributed by atoms with Crippen LogP contribution in [0.25, 0.3) is 0 Å². The Balaban J connectivity index is 1.32. The molecule has 2 heterocycles. The molecule has 7 heteroatoms. The number of aromatic nitrogens is 1. The number of fused-ring (bicyclic) bond motifs is 1. The van der Waals surface area contributed by atoms with Crippen LogP contribution in [0.1, 0.15) is 57.6 Å². The van der Waals surface area contributed by atoms with E-state index in [4.69, 9.17) is 4.74 Å². The SMILES string of the molecule is Cc1ccc(NC(=O)c2csc(COc3ccc4c(c3)C(c3ccccc3)N(C(=O)C(C)C)CC4)n2)cc1. The number of ether oxygens (including phenoxy) is 1. The molecule has 1 aliphatic heterocycles. The average Bonchev–Trinajstić information content (AvgIpc) is 3.42. The number of amides is 2. The van der Waals surface area contributed by atoms with Crippen molar-refractivity contribution in [2.45, 2.75) is 39.8 Å². The van der Waals surface area contributed by atoms with E-state index in [0.29, 0.717) is 23.0 Å². The van der Waals surface area contributed by atoms with E-state index in [2.05, 4.69) is 28.5 Å². The van der Waals surface area contributed by atoms with E-state index < -0.39 is 0 Å². The molecule has 6 nitrogen and oxygen atoms in total. The average molecular weight is 526 g/mol. The Kier molecular flexibility index (Phi) is 7.56. The number of anilines is 1. The van der Waals surface area contributed by atoms with Gasteiger partial charge < -0.3 is 15.0 Å². The van der Waals surface area contributed by atoms with Gasteiger partial charge in [0.1, 0.15) is 23.1 Å². The molecule has 0 radical (unpaired) electrons. The minimum Gasteiger partial charge on any atom is -0.486 e. The molecule has 2 amide bonds. The maximum atomic E-state index is 13.1. The van der Waals surface area contributed by atoms with Crippen molar-refractivity contribution in [1.29, 1.82) is 0 Å². The maximum absolute atomic E-state index is 13.1. The summed E-state index contributed by atoms with van der Waals surface area (Å²) in [6.07, 6.45) is 0.809. The first-order valence-electron chi connectivity index (χ1n) is 12.8. The van der Waals surface area contributed by atoms with E-state index in [9.17, 15) is 9.59 Å². The molecular weight excluding hydrogens is 494 g/mol. The van der Waals surface area contributed by atoms with Crippen molar-refractivity contribution in [2.24, 2.45) is 5.92 Å². The van der Waals surface area contributed by atoms with Gasteiger partial charge in [0, 0.05) is 23.5 Å². The monoisotopic (exact) mass is 525 g/mol. The van der Waals surface area contributed by atoms with Crippen molar-refractivity contribution in [3.05, 3.63) is 111 Å². The summed E-state index contributed by atoms with van der Waals surface area (Å²) in [7, 11) is 0. The van der Waals surface area contributed by atoms with Crippen molar-refractivity contribution in [3.8, 4) is 5.75 Å². The predicted octanol–water partition coefficient (Wildman–Crippen LogP) is 6.41. The van der Waals surface area contributed by atoms with Crippen molar-refractivity contribution in [1.82, 2.24) is 9.88 Å². The number of benzene rings is 3. The van der Waals surface area contributed by atoms with Gasteiger partial charge in [0.25, 0.3) is 5.91 Å². The molecule has 0 spiro atoms. The van der Waals surface area contributed by atoms with E-state index in [1.54, 1.807) is 5.38 Å². The van der Waals surface area contributed by atoms with Crippen LogP contribution in [0.5, 0.6) is 5.75 Å². The van der Waals surface area contributed by atoms with E-state index in [1.807, 2.05) is 80.3 Å². The summed E-state index contributed by atoms with van der Waals surface area (Å²) in [4.78, 5) is 32.2. The molecule has 38 heavy (non-hydrogen) atoms. The molecule has 0 saturated heterocycles. The van der Waals surface area contributed by atoms with E-state index in [-0.39, 0.29) is 30.4 Å². The summed E-state index contributed by atoms with van der Waals surface area (Å²) >= 11 is 1.39. The highest BCUT2D eigenvalue weighted by atomic mass is 32.1. The zero-order valence-electron chi connectivity index (χ0n) is 21.8. The molecule has 0 aliphatic carbocycles. The van der Waals surface area contributed by atoms with Gasteiger partial charge >= 0.3 is 0 Å². The number of nitrogens with one attached hydrogen (secondary N) is 1. The number of thiazole rings is 1. The Morgan fingerprint density at radius 2 is 1.84 bits per heavy atom. The summed E-state index contributed by atoms with van der Waals surface area (Å²) in [6.45, 7) is 6.84. The number of hydrogen-bond acceptors (Lipinski definition) is 5. The summed E-state index contributed by atoms with van der Waals surface area (Å²) in [6, 6.07) is 23.8. The lowest BCUT2D eigenvalue weighted by atomic mass is 9.87. The lowest BCUT2D eigenvalue weighted by molar-refractivity contribution is -0.136. The van der Waals surface area contributed by atoms with E-state index in [1.165, 1.54) is 16.9 Å². The van der Waals surface area contributed by atoms with Crippen molar-refractivity contribution >= 4 is 28.8 Å². The van der Waals surface area contributed by atoms with Gasteiger partial charge in [0.15, 0.2) is 0 Å². The van der Waals surface area contributed by atoms with Gasteiger partial charge in [0.2, 0.25) is 5.91 Å². The van der Waals surface area contributed by atoms with Gasteiger partial charge in [-0.25, -0.2) is 4.98 Å². The minimum atomic E-state index is -0.245. The zero-order valence-corrected chi connectivity index (χ0v) is 22.6. The molecule has 194 valence electrons. The number of carbonyl (C=O) groups is 2. The molecule has 1 aliphatic rings. The third kappa shape index (κ3) is 5.63. The lowest BCUT2D eigenvalue weighted by Gasteiger charge is -2.39. The van der Waals surface area contributed by atoms with Gasteiger partial charge in [-0.15, -0.1) is 11.3 Å². The lowest BCUT2D eigenvalue weighted by Crippen LogP contribution is -2.42. The first kappa shape index (κ1) is 25.7. The molecule has 1 aromatic heterocycles. The Hall–Kier alpha value is -3.97. The molecule has 1 N–H and O–H groups in total. The molecule has 3 aromatic carbocycles. The number of aryl methyl sites for hydroxylation is 1. The number of rotatable bonds is 7. The fourth-order valence-corrected chi connectivity index (χ4v) is 5.39. The molecule has 0 fully saturated rings. The summed E-state index contributed by atoms with van der Waals surface area (Å²) < 4.78 is 6.12. The molecule has 1 unspecified atom stereocenters. The first-order chi connectivity index (χ1) is 18.4. The Morgan fingerprint density at radius 3 is 2.58 bits per heavy atom. The van der Waals surface area contributed by atoms with Crippen LogP contribution >= 0.6 is 11.3 Å². The van der Waals surface area contributed by atoms with E-state index in [0.717, 1.165) is 28.8 Å². The zero-order chi connectivity index (χ0) is 26.6. The smallest absolute Gasteiger partial charge is 0.275 e. The Labute approximate surface area is 227 Å². The number of carbonyl (C=O) groups excluding carboxylic acids is 2. The second-order valence-electron chi connectivity index (χ2n) is 9.85.